The molecule has 2 aromatic rings. The van der Waals surface area contributed by atoms with Gasteiger partial charge in [-0.3, -0.25) is 0 Å². The molecule has 0 aliphatic carbocycles. The Morgan fingerprint density at radius 1 is 1.00 bits per heavy atom. The van der Waals surface area contributed by atoms with Crippen molar-refractivity contribution < 1.29 is 19.5 Å². The lowest BCUT2D eigenvalue weighted by Gasteiger charge is -2.26. The second kappa shape index (κ2) is 10.4. The van der Waals surface area contributed by atoms with Gasteiger partial charge in [0.1, 0.15) is 12.6 Å². The maximum absolute atomic E-state index is 10.1. The highest BCUT2D eigenvalue weighted by Crippen LogP contribution is 2.14. The summed E-state index contributed by atoms with van der Waals surface area (Å²) in [4.78, 5) is 10.1. The number of carboxylic acid groups (broad SMARTS) is 1. The van der Waals surface area contributed by atoms with E-state index < -0.39 is 5.97 Å². The van der Waals surface area contributed by atoms with Crippen LogP contribution in [-0.4, -0.2) is 43.2 Å². The maximum Gasteiger partial charge on any atom is 0.128 e. The zero-order chi connectivity index (χ0) is 16.6. The molecule has 1 N–H and O–H groups in total. The van der Waals surface area contributed by atoms with Gasteiger partial charge in [-0.1, -0.05) is 60.7 Å². The standard InChI is InChI=1S/C11H18NO.C7H6O2.HI/c1-12(2,3)9-11(13)10-7-5-4-6-8-10;8-7(9)6-4-2-1-3-5-6;/h4-8,11,13H,9H2,1-3H3;1-5H,(H,8,9);1H/q+1;;/p-1. The van der Waals surface area contributed by atoms with E-state index in [2.05, 4.69) is 21.1 Å². The molecule has 0 heterocycles. The van der Waals surface area contributed by atoms with E-state index in [1.807, 2.05) is 30.3 Å². The number of rotatable bonds is 4. The number of carbonyl (C=O) groups is 1. The number of nitrogens with zero attached hydrogens (tertiary/aromatic N) is 1. The summed E-state index contributed by atoms with van der Waals surface area (Å²) in [5, 5.41) is 19.9. The number of aromatic carboxylic acids is 1. The van der Waals surface area contributed by atoms with Gasteiger partial charge < -0.3 is 19.5 Å². The van der Waals surface area contributed by atoms with Crippen LogP contribution >= 0.6 is 24.0 Å². The zero-order valence-electron chi connectivity index (χ0n) is 13.7. The first kappa shape index (κ1) is 21.6. The lowest BCUT2D eigenvalue weighted by atomic mass is 10.1. The number of aliphatic hydroxyl groups excluding tert-OH is 1. The SMILES string of the molecule is C[N+](C)(C)CC(O)c1ccccc1.I.O=C([O-])c1ccccc1. The molecular weight excluding hydrogens is 405 g/mol. The molecule has 0 aromatic heterocycles. The van der Waals surface area contributed by atoms with E-state index >= 15 is 0 Å². The Labute approximate surface area is 155 Å². The number of quaternary nitrogens is 1. The first-order chi connectivity index (χ1) is 10.3. The van der Waals surface area contributed by atoms with Crippen molar-refractivity contribution in [2.24, 2.45) is 0 Å². The van der Waals surface area contributed by atoms with Gasteiger partial charge in [0.05, 0.1) is 27.1 Å². The Kier molecular flexibility index (Phi) is 9.71. The molecule has 1 unspecified atom stereocenters. The third-order valence-corrected chi connectivity index (χ3v) is 2.91. The number of hydrogen-bond acceptors (Lipinski definition) is 3. The lowest BCUT2D eigenvalue weighted by Crippen LogP contribution is -2.38. The van der Waals surface area contributed by atoms with E-state index in [4.69, 9.17) is 0 Å². The Hall–Kier alpha value is -1.44. The van der Waals surface area contributed by atoms with Crippen LogP contribution in [0.3, 0.4) is 0 Å². The highest BCUT2D eigenvalue weighted by molar-refractivity contribution is 14.0. The molecular formula is C18H24INO3. The van der Waals surface area contributed by atoms with Gasteiger partial charge in [-0.25, -0.2) is 0 Å². The van der Waals surface area contributed by atoms with Crippen molar-refractivity contribution in [2.45, 2.75) is 6.10 Å². The van der Waals surface area contributed by atoms with Crippen molar-refractivity contribution in [3.05, 3.63) is 71.8 Å². The summed E-state index contributed by atoms with van der Waals surface area (Å²) < 4.78 is 0.774. The van der Waals surface area contributed by atoms with Crippen LogP contribution in [-0.2, 0) is 0 Å². The van der Waals surface area contributed by atoms with Gasteiger partial charge >= 0.3 is 0 Å². The minimum Gasteiger partial charge on any atom is -0.545 e. The summed E-state index contributed by atoms with van der Waals surface area (Å²) in [6, 6.07) is 17.8. The summed E-state index contributed by atoms with van der Waals surface area (Å²) in [5.41, 5.74) is 1.22. The third-order valence-electron chi connectivity index (χ3n) is 2.91. The van der Waals surface area contributed by atoms with Gasteiger partial charge in [0.25, 0.3) is 0 Å². The molecule has 0 spiro atoms. The minimum atomic E-state index is -1.13. The average Bonchev–Trinajstić information content (AvgIpc) is 2.48. The number of halogens is 1. The molecule has 0 radical (unpaired) electrons. The quantitative estimate of drug-likeness (QED) is 0.598. The van der Waals surface area contributed by atoms with Gasteiger partial charge in [0.15, 0.2) is 0 Å². The van der Waals surface area contributed by atoms with Crippen LogP contribution in [0.2, 0.25) is 0 Å². The second-order valence-electron chi connectivity index (χ2n) is 6.05. The molecule has 0 aliphatic rings. The zero-order valence-corrected chi connectivity index (χ0v) is 16.0. The number of carbonyl (C=O) groups excluding carboxylic acids is 1. The smallest absolute Gasteiger partial charge is 0.128 e. The summed E-state index contributed by atoms with van der Waals surface area (Å²) in [5.74, 6) is -1.13. The molecule has 2 rings (SSSR count). The van der Waals surface area contributed by atoms with E-state index in [9.17, 15) is 15.0 Å². The van der Waals surface area contributed by atoms with Crippen molar-refractivity contribution >= 4 is 29.9 Å². The molecule has 0 amide bonds. The van der Waals surface area contributed by atoms with Gasteiger partial charge in [0.2, 0.25) is 0 Å². The van der Waals surface area contributed by atoms with Crippen LogP contribution in [0.4, 0.5) is 0 Å². The fraction of sp³-hybridized carbons (Fsp3) is 0.278. The van der Waals surface area contributed by atoms with Crippen LogP contribution in [0, 0.1) is 0 Å². The topological polar surface area (TPSA) is 60.4 Å². The maximum atomic E-state index is 10.1. The van der Waals surface area contributed by atoms with Gasteiger partial charge in [-0.2, -0.15) is 0 Å². The van der Waals surface area contributed by atoms with E-state index in [0.29, 0.717) is 0 Å². The van der Waals surface area contributed by atoms with Crippen molar-refractivity contribution in [2.75, 3.05) is 27.7 Å². The molecule has 5 heteroatoms. The molecule has 1 atom stereocenters. The van der Waals surface area contributed by atoms with Crippen LogP contribution in [0.25, 0.3) is 0 Å². The number of benzene rings is 2. The highest BCUT2D eigenvalue weighted by Gasteiger charge is 2.16. The summed E-state index contributed by atoms with van der Waals surface area (Å²) >= 11 is 0. The molecule has 0 saturated heterocycles. The molecule has 0 aliphatic heterocycles. The van der Waals surface area contributed by atoms with E-state index in [1.165, 1.54) is 12.1 Å². The van der Waals surface area contributed by atoms with Crippen LogP contribution in [0.1, 0.15) is 22.0 Å². The summed E-state index contributed by atoms with van der Waals surface area (Å²) in [7, 11) is 6.23. The summed E-state index contributed by atoms with van der Waals surface area (Å²) in [6.45, 7) is 0.740. The number of likely N-dealkylation sites (N-methyl/N-ethyl adjacent to an activating group) is 1. The Balaban J connectivity index is 0.000000427. The molecule has 0 saturated carbocycles. The lowest BCUT2D eigenvalue weighted by molar-refractivity contribution is -0.874. The van der Waals surface area contributed by atoms with Gasteiger partial charge in [0, 0.05) is 0 Å². The van der Waals surface area contributed by atoms with Crippen molar-refractivity contribution in [1.29, 1.82) is 0 Å². The van der Waals surface area contributed by atoms with Crippen molar-refractivity contribution in [3.63, 3.8) is 0 Å². The van der Waals surface area contributed by atoms with E-state index in [0.717, 1.165) is 16.6 Å². The van der Waals surface area contributed by atoms with Crippen LogP contribution in [0.15, 0.2) is 60.7 Å². The average molecular weight is 429 g/mol. The predicted molar refractivity (Wildman–Crippen MR) is 100 cm³/mol. The first-order valence-electron chi connectivity index (χ1n) is 7.09. The molecule has 4 nitrogen and oxygen atoms in total. The first-order valence-corrected chi connectivity index (χ1v) is 7.09. The van der Waals surface area contributed by atoms with Crippen LogP contribution in [0.5, 0.6) is 0 Å². The normalized spacial score (nSPS) is 11.5. The molecule has 126 valence electrons. The number of carboxylic acids is 1. The van der Waals surface area contributed by atoms with E-state index in [-0.39, 0.29) is 35.6 Å². The Morgan fingerprint density at radius 2 is 1.43 bits per heavy atom. The van der Waals surface area contributed by atoms with Crippen molar-refractivity contribution in [3.8, 4) is 0 Å². The highest BCUT2D eigenvalue weighted by atomic mass is 127. The molecule has 23 heavy (non-hydrogen) atoms. The largest absolute Gasteiger partial charge is 0.545 e. The monoisotopic (exact) mass is 429 g/mol. The van der Waals surface area contributed by atoms with Gasteiger partial charge in [-0.05, 0) is 11.1 Å². The van der Waals surface area contributed by atoms with Gasteiger partial charge in [-0.15, -0.1) is 24.0 Å². The predicted octanol–water partition coefficient (Wildman–Crippen LogP) is 2.09. The summed E-state index contributed by atoms with van der Waals surface area (Å²) in [6.07, 6.45) is -0.360. The van der Waals surface area contributed by atoms with Crippen molar-refractivity contribution in [1.82, 2.24) is 0 Å². The number of aliphatic hydroxyl groups is 1. The Morgan fingerprint density at radius 3 is 1.78 bits per heavy atom. The van der Waals surface area contributed by atoms with Crippen LogP contribution < -0.4 is 5.11 Å². The second-order valence-corrected chi connectivity index (χ2v) is 6.05. The molecule has 0 fully saturated rings. The minimum absolute atomic E-state index is 0. The number of hydrogen-bond donors (Lipinski definition) is 1. The van der Waals surface area contributed by atoms with E-state index in [1.54, 1.807) is 18.2 Å². The fourth-order valence-electron chi connectivity index (χ4n) is 1.87. The third kappa shape index (κ3) is 9.32. The Bertz CT molecular complexity index is 568. The molecule has 0 bridgehead atoms. The fourth-order valence-corrected chi connectivity index (χ4v) is 1.87. The molecule has 2 aromatic carbocycles.